The number of hydrogen-bond acceptors (Lipinski definition) is 4. The number of primary sulfonamides is 1. The maximum atomic E-state index is 12.4. The third-order valence-corrected chi connectivity index (χ3v) is 5.13. The highest BCUT2D eigenvalue weighted by Crippen LogP contribution is 2.22. The van der Waals surface area contributed by atoms with Crippen LogP contribution in [-0.2, 0) is 10.0 Å². The summed E-state index contributed by atoms with van der Waals surface area (Å²) in [5.74, 6) is -0.373. The highest BCUT2D eigenvalue weighted by molar-refractivity contribution is 7.89. The van der Waals surface area contributed by atoms with Gasteiger partial charge in [0.1, 0.15) is 0 Å². The van der Waals surface area contributed by atoms with Crippen molar-refractivity contribution in [2.24, 2.45) is 5.14 Å². The van der Waals surface area contributed by atoms with Crippen LogP contribution in [0.3, 0.4) is 0 Å². The molecule has 1 fully saturated rings. The van der Waals surface area contributed by atoms with E-state index < -0.39 is 10.0 Å². The zero-order chi connectivity index (χ0) is 18.0. The molecule has 1 saturated heterocycles. The molecular weight excluding hydrogens is 338 g/mol. The summed E-state index contributed by atoms with van der Waals surface area (Å²) in [5.41, 5.74) is 2.71. The van der Waals surface area contributed by atoms with E-state index in [2.05, 4.69) is 10.2 Å². The first-order valence-electron chi connectivity index (χ1n) is 8.14. The van der Waals surface area contributed by atoms with Crippen LogP contribution in [0.2, 0.25) is 0 Å². The van der Waals surface area contributed by atoms with Gasteiger partial charge in [-0.25, -0.2) is 13.6 Å². The number of nitrogens with two attached hydrogens (primary N) is 1. The lowest BCUT2D eigenvalue weighted by molar-refractivity contribution is 0.102. The molecule has 1 aliphatic rings. The molecule has 2 aromatic carbocycles. The molecule has 25 heavy (non-hydrogen) atoms. The second-order valence-electron chi connectivity index (χ2n) is 6.27. The van der Waals surface area contributed by atoms with Gasteiger partial charge in [0.05, 0.1) is 4.90 Å². The molecule has 1 amide bonds. The number of hydrogen-bond donors (Lipinski definition) is 2. The molecule has 2 aromatic rings. The Morgan fingerprint density at radius 3 is 2.32 bits per heavy atom. The zero-order valence-corrected chi connectivity index (χ0v) is 14.8. The van der Waals surface area contributed by atoms with E-state index in [0.717, 1.165) is 18.8 Å². The Balaban J connectivity index is 1.77. The molecule has 0 spiro atoms. The molecule has 3 rings (SSSR count). The van der Waals surface area contributed by atoms with E-state index in [4.69, 9.17) is 5.14 Å². The summed E-state index contributed by atoms with van der Waals surface area (Å²) in [5, 5.41) is 7.95. The van der Waals surface area contributed by atoms with Gasteiger partial charge in [-0.3, -0.25) is 4.79 Å². The molecule has 0 saturated carbocycles. The van der Waals surface area contributed by atoms with Crippen LogP contribution in [0.15, 0.2) is 47.4 Å². The van der Waals surface area contributed by atoms with Crippen LogP contribution < -0.4 is 15.4 Å². The Hall–Kier alpha value is -2.38. The maximum absolute atomic E-state index is 12.4. The van der Waals surface area contributed by atoms with E-state index in [-0.39, 0.29) is 16.4 Å². The van der Waals surface area contributed by atoms with Crippen molar-refractivity contribution in [3.63, 3.8) is 0 Å². The second kappa shape index (κ2) is 6.85. The van der Waals surface area contributed by atoms with E-state index in [1.54, 1.807) is 13.0 Å². The minimum atomic E-state index is -3.85. The third kappa shape index (κ3) is 4.18. The molecule has 6 nitrogen and oxygen atoms in total. The van der Waals surface area contributed by atoms with Gasteiger partial charge in [0.2, 0.25) is 10.0 Å². The maximum Gasteiger partial charge on any atom is 0.255 e. The van der Waals surface area contributed by atoms with Crippen LogP contribution in [0.1, 0.15) is 28.8 Å². The van der Waals surface area contributed by atoms with Crippen molar-refractivity contribution in [3.05, 3.63) is 53.6 Å². The average molecular weight is 359 g/mol. The molecule has 1 aliphatic heterocycles. The fourth-order valence-corrected chi connectivity index (χ4v) is 3.62. The largest absolute Gasteiger partial charge is 0.372 e. The van der Waals surface area contributed by atoms with Crippen LogP contribution in [0.5, 0.6) is 0 Å². The molecule has 1 heterocycles. The number of carbonyl (C=O) groups is 1. The SMILES string of the molecule is Cc1cc(C(=O)Nc2ccc(N3CCCC3)cc2)cc(S(N)(=O)=O)c1. The summed E-state index contributed by atoms with van der Waals surface area (Å²) < 4.78 is 23.0. The number of carbonyl (C=O) groups excluding carboxylic acids is 1. The zero-order valence-electron chi connectivity index (χ0n) is 14.0. The van der Waals surface area contributed by atoms with Gasteiger partial charge in [-0.15, -0.1) is 0 Å². The van der Waals surface area contributed by atoms with Crippen molar-refractivity contribution in [2.45, 2.75) is 24.7 Å². The van der Waals surface area contributed by atoms with Crippen molar-refractivity contribution < 1.29 is 13.2 Å². The summed E-state index contributed by atoms with van der Waals surface area (Å²) in [6, 6.07) is 12.0. The van der Waals surface area contributed by atoms with Crippen LogP contribution in [-0.4, -0.2) is 27.4 Å². The van der Waals surface area contributed by atoms with Gasteiger partial charge in [-0.05, 0) is 67.8 Å². The number of nitrogens with zero attached hydrogens (tertiary/aromatic N) is 1. The van der Waals surface area contributed by atoms with E-state index in [9.17, 15) is 13.2 Å². The third-order valence-electron chi connectivity index (χ3n) is 4.24. The summed E-state index contributed by atoms with van der Waals surface area (Å²) in [7, 11) is -3.85. The minimum Gasteiger partial charge on any atom is -0.372 e. The van der Waals surface area contributed by atoms with Gasteiger partial charge in [0.25, 0.3) is 5.91 Å². The first kappa shape index (κ1) is 17.4. The van der Waals surface area contributed by atoms with Crippen molar-refractivity contribution in [1.29, 1.82) is 0 Å². The predicted octanol–water partition coefficient (Wildman–Crippen LogP) is 2.49. The monoisotopic (exact) mass is 359 g/mol. The first-order chi connectivity index (χ1) is 11.8. The lowest BCUT2D eigenvalue weighted by atomic mass is 10.1. The molecule has 0 radical (unpaired) electrons. The smallest absolute Gasteiger partial charge is 0.255 e. The number of sulfonamides is 1. The highest BCUT2D eigenvalue weighted by atomic mass is 32.2. The highest BCUT2D eigenvalue weighted by Gasteiger charge is 2.15. The van der Waals surface area contributed by atoms with Gasteiger partial charge in [-0.2, -0.15) is 0 Å². The summed E-state index contributed by atoms with van der Waals surface area (Å²) >= 11 is 0. The standard InChI is InChI=1S/C18H21N3O3S/c1-13-10-14(12-17(11-13)25(19,23)24)18(22)20-15-4-6-16(7-5-15)21-8-2-3-9-21/h4-7,10-12H,2-3,8-9H2,1H3,(H,20,22)(H2,19,23,24). The molecule has 0 unspecified atom stereocenters. The van der Waals surface area contributed by atoms with E-state index in [0.29, 0.717) is 11.3 Å². The van der Waals surface area contributed by atoms with Crippen LogP contribution in [0, 0.1) is 6.92 Å². The van der Waals surface area contributed by atoms with E-state index in [1.807, 2.05) is 24.3 Å². The van der Waals surface area contributed by atoms with Gasteiger partial charge >= 0.3 is 0 Å². The normalized spacial score (nSPS) is 14.6. The average Bonchev–Trinajstić information content (AvgIpc) is 3.08. The van der Waals surface area contributed by atoms with E-state index in [1.165, 1.54) is 25.0 Å². The van der Waals surface area contributed by atoms with Crippen molar-refractivity contribution in [2.75, 3.05) is 23.3 Å². The lowest BCUT2D eigenvalue weighted by Crippen LogP contribution is -2.18. The molecule has 7 heteroatoms. The molecular formula is C18H21N3O3S. The molecule has 0 aromatic heterocycles. The first-order valence-corrected chi connectivity index (χ1v) is 9.68. The number of nitrogens with one attached hydrogen (secondary N) is 1. The predicted molar refractivity (Wildman–Crippen MR) is 98.4 cm³/mol. The van der Waals surface area contributed by atoms with Gasteiger partial charge in [-0.1, -0.05) is 0 Å². The Morgan fingerprint density at radius 1 is 1.08 bits per heavy atom. The Morgan fingerprint density at radius 2 is 1.72 bits per heavy atom. The Kier molecular flexibility index (Phi) is 4.78. The minimum absolute atomic E-state index is 0.0676. The summed E-state index contributed by atoms with van der Waals surface area (Å²) in [6.45, 7) is 3.84. The fourth-order valence-electron chi connectivity index (χ4n) is 2.98. The van der Waals surface area contributed by atoms with Gasteiger partial charge in [0, 0.05) is 30.0 Å². The lowest BCUT2D eigenvalue weighted by Gasteiger charge is -2.17. The number of aryl methyl sites for hydroxylation is 1. The topological polar surface area (TPSA) is 92.5 Å². The van der Waals surface area contributed by atoms with Crippen molar-refractivity contribution >= 4 is 27.3 Å². The summed E-state index contributed by atoms with van der Waals surface area (Å²) in [4.78, 5) is 14.7. The number of rotatable bonds is 4. The van der Waals surface area contributed by atoms with Gasteiger partial charge < -0.3 is 10.2 Å². The molecule has 132 valence electrons. The summed E-state index contributed by atoms with van der Waals surface area (Å²) in [6.07, 6.45) is 2.41. The number of amides is 1. The molecule has 0 aliphatic carbocycles. The Bertz CT molecular complexity index is 886. The Labute approximate surface area is 147 Å². The second-order valence-corrected chi connectivity index (χ2v) is 7.84. The number of anilines is 2. The van der Waals surface area contributed by atoms with Crippen molar-refractivity contribution in [3.8, 4) is 0 Å². The quantitative estimate of drug-likeness (QED) is 0.877. The van der Waals surface area contributed by atoms with E-state index >= 15 is 0 Å². The van der Waals surface area contributed by atoms with Crippen molar-refractivity contribution in [1.82, 2.24) is 0 Å². The molecule has 0 bridgehead atoms. The van der Waals surface area contributed by atoms with Gasteiger partial charge in [0.15, 0.2) is 0 Å². The van der Waals surface area contributed by atoms with Crippen LogP contribution in [0.25, 0.3) is 0 Å². The molecule has 3 N–H and O–H groups in total. The molecule has 0 atom stereocenters. The number of benzene rings is 2. The van der Waals surface area contributed by atoms with Crippen LogP contribution in [0.4, 0.5) is 11.4 Å². The van der Waals surface area contributed by atoms with Crippen LogP contribution >= 0.6 is 0 Å². The fraction of sp³-hybridized carbons (Fsp3) is 0.278.